The molecule has 4 nitrogen and oxygen atoms in total. The number of benzene rings is 1. The molecule has 1 heterocycles. The van der Waals surface area contributed by atoms with E-state index in [2.05, 4.69) is 24.3 Å². The van der Waals surface area contributed by atoms with Gasteiger partial charge in [-0.2, -0.15) is 0 Å². The molecule has 2 fully saturated rings. The molecule has 4 heteroatoms. The van der Waals surface area contributed by atoms with Crippen LogP contribution >= 0.6 is 0 Å². The van der Waals surface area contributed by atoms with Crippen molar-refractivity contribution >= 4 is 11.9 Å². The molecule has 1 amide bonds. The molecule has 0 aromatic heterocycles. The third-order valence-corrected chi connectivity index (χ3v) is 5.72. The van der Waals surface area contributed by atoms with Gasteiger partial charge < -0.3 is 10.0 Å². The minimum atomic E-state index is -0.838. The van der Waals surface area contributed by atoms with Crippen LogP contribution in [-0.2, 0) is 9.59 Å². The molecule has 3 rings (SSSR count). The lowest BCUT2D eigenvalue weighted by Crippen LogP contribution is -2.51. The fourth-order valence-corrected chi connectivity index (χ4v) is 4.39. The summed E-state index contributed by atoms with van der Waals surface area (Å²) in [6.07, 6.45) is 2.66. The highest BCUT2D eigenvalue weighted by molar-refractivity contribution is 5.78. The van der Waals surface area contributed by atoms with E-state index in [4.69, 9.17) is 5.11 Å². The summed E-state index contributed by atoms with van der Waals surface area (Å²) in [5.41, 5.74) is 0.900. The number of nitrogens with zero attached hydrogens (tertiary/aromatic N) is 1. The molecule has 1 aromatic carbocycles. The predicted octanol–water partition coefficient (Wildman–Crippen LogP) is 3.53. The normalized spacial score (nSPS) is 26.4. The third kappa shape index (κ3) is 3.63. The van der Waals surface area contributed by atoms with Gasteiger partial charge in [-0.25, -0.2) is 0 Å². The molecular weight excluding hydrogens is 302 g/mol. The Morgan fingerprint density at radius 1 is 1.21 bits per heavy atom. The Morgan fingerprint density at radius 3 is 2.58 bits per heavy atom. The van der Waals surface area contributed by atoms with Gasteiger partial charge >= 0.3 is 5.97 Å². The fourth-order valence-electron chi connectivity index (χ4n) is 4.39. The number of rotatable bonds is 5. The lowest BCUT2D eigenvalue weighted by molar-refractivity contribution is -0.142. The Balaban J connectivity index is 1.60. The zero-order valence-corrected chi connectivity index (χ0v) is 14.6. The Hall–Kier alpha value is -1.84. The maximum Gasteiger partial charge on any atom is 0.303 e. The summed E-state index contributed by atoms with van der Waals surface area (Å²) >= 11 is 0. The summed E-state index contributed by atoms with van der Waals surface area (Å²) in [5, 5.41) is 8.99. The van der Waals surface area contributed by atoms with Gasteiger partial charge in [-0.05, 0) is 41.6 Å². The average molecular weight is 329 g/mol. The van der Waals surface area contributed by atoms with E-state index < -0.39 is 11.4 Å². The summed E-state index contributed by atoms with van der Waals surface area (Å²) in [6, 6.07) is 10.6. The second-order valence-electron chi connectivity index (χ2n) is 8.22. The number of likely N-dealkylation sites (tertiary alicyclic amines) is 1. The van der Waals surface area contributed by atoms with Crippen LogP contribution in [0.3, 0.4) is 0 Å². The van der Waals surface area contributed by atoms with Gasteiger partial charge in [-0.3, -0.25) is 9.59 Å². The lowest BCUT2D eigenvalue weighted by atomic mass is 9.59. The van der Waals surface area contributed by atoms with Crippen molar-refractivity contribution < 1.29 is 14.7 Å². The first-order valence-electron chi connectivity index (χ1n) is 8.90. The van der Waals surface area contributed by atoms with Crippen LogP contribution in [0.4, 0.5) is 0 Å². The number of hydrogen-bond donors (Lipinski definition) is 1. The smallest absolute Gasteiger partial charge is 0.303 e. The number of fused-ring (bicyclic) bond motifs is 1. The number of hydrogen-bond acceptors (Lipinski definition) is 2. The molecule has 1 saturated carbocycles. The average Bonchev–Trinajstić information content (AvgIpc) is 2.47. The van der Waals surface area contributed by atoms with E-state index in [1.54, 1.807) is 0 Å². The first kappa shape index (κ1) is 17.0. The maximum atomic E-state index is 12.6. The highest BCUT2D eigenvalue weighted by Gasteiger charge is 2.45. The van der Waals surface area contributed by atoms with Crippen LogP contribution < -0.4 is 0 Å². The van der Waals surface area contributed by atoms with Crippen LogP contribution in [0.2, 0.25) is 0 Å². The molecule has 0 radical (unpaired) electrons. The lowest BCUT2D eigenvalue weighted by Gasteiger charge is -2.51. The highest BCUT2D eigenvalue weighted by Crippen LogP contribution is 2.51. The molecule has 1 aliphatic heterocycles. The summed E-state index contributed by atoms with van der Waals surface area (Å²) in [6.45, 7) is 5.38. The molecule has 24 heavy (non-hydrogen) atoms. The number of carbonyl (C=O) groups excluding carboxylic acids is 1. The van der Waals surface area contributed by atoms with Gasteiger partial charge in [0.25, 0.3) is 0 Å². The van der Waals surface area contributed by atoms with E-state index in [9.17, 15) is 9.59 Å². The molecule has 1 aromatic rings. The van der Waals surface area contributed by atoms with Gasteiger partial charge in [0, 0.05) is 19.5 Å². The third-order valence-electron chi connectivity index (χ3n) is 5.72. The van der Waals surface area contributed by atoms with Crippen molar-refractivity contribution in [3.63, 3.8) is 0 Å². The van der Waals surface area contributed by atoms with Crippen molar-refractivity contribution in [2.45, 2.75) is 45.4 Å². The van der Waals surface area contributed by atoms with E-state index in [0.29, 0.717) is 18.3 Å². The molecule has 2 aliphatic rings. The van der Waals surface area contributed by atoms with Gasteiger partial charge in [-0.15, -0.1) is 0 Å². The van der Waals surface area contributed by atoms with Gasteiger partial charge in [-0.1, -0.05) is 44.2 Å². The number of piperidine rings is 1. The van der Waals surface area contributed by atoms with Crippen LogP contribution in [0.5, 0.6) is 0 Å². The molecular formula is C20H27NO3. The molecule has 1 aliphatic carbocycles. The Kier molecular flexibility index (Phi) is 4.66. The van der Waals surface area contributed by atoms with Crippen molar-refractivity contribution in [1.29, 1.82) is 0 Å². The van der Waals surface area contributed by atoms with Crippen LogP contribution in [-0.4, -0.2) is 35.0 Å². The maximum absolute atomic E-state index is 12.6. The van der Waals surface area contributed by atoms with Crippen molar-refractivity contribution in [3.05, 3.63) is 35.9 Å². The fraction of sp³-hybridized carbons (Fsp3) is 0.600. The molecule has 130 valence electrons. The zero-order chi connectivity index (χ0) is 17.3. The zero-order valence-electron chi connectivity index (χ0n) is 14.6. The minimum Gasteiger partial charge on any atom is -0.481 e. The quantitative estimate of drug-likeness (QED) is 0.899. The van der Waals surface area contributed by atoms with Gasteiger partial charge in [0.05, 0.1) is 6.42 Å². The Labute approximate surface area is 143 Å². The number of carbonyl (C=O) groups is 2. The first-order valence-corrected chi connectivity index (χ1v) is 8.90. The Morgan fingerprint density at radius 2 is 1.92 bits per heavy atom. The summed E-state index contributed by atoms with van der Waals surface area (Å²) in [4.78, 5) is 25.6. The minimum absolute atomic E-state index is 0.0330. The monoisotopic (exact) mass is 329 g/mol. The summed E-state index contributed by atoms with van der Waals surface area (Å²) < 4.78 is 0. The largest absolute Gasteiger partial charge is 0.481 e. The van der Waals surface area contributed by atoms with E-state index in [1.807, 2.05) is 24.8 Å². The molecule has 1 N–H and O–H groups in total. The van der Waals surface area contributed by atoms with Crippen molar-refractivity contribution in [1.82, 2.24) is 4.90 Å². The van der Waals surface area contributed by atoms with Crippen LogP contribution in [0.25, 0.3) is 0 Å². The van der Waals surface area contributed by atoms with E-state index in [0.717, 1.165) is 25.4 Å². The van der Waals surface area contributed by atoms with E-state index in [1.165, 1.54) is 12.0 Å². The number of carboxylic acid groups (broad SMARTS) is 1. The summed E-state index contributed by atoms with van der Waals surface area (Å²) in [5.74, 6) is 1.14. The topological polar surface area (TPSA) is 57.6 Å². The first-order chi connectivity index (χ1) is 11.4. The van der Waals surface area contributed by atoms with Gasteiger partial charge in [0.15, 0.2) is 0 Å². The molecule has 0 unspecified atom stereocenters. The SMILES string of the molecule is CC(C)(CC(=O)O)CC(=O)N1CC[C@@H]2C[C@@H](c3ccccc3)[C@@H]2C1. The number of aliphatic carboxylic acids is 1. The van der Waals surface area contributed by atoms with Crippen LogP contribution in [0, 0.1) is 17.3 Å². The van der Waals surface area contributed by atoms with E-state index in [-0.39, 0.29) is 12.3 Å². The summed E-state index contributed by atoms with van der Waals surface area (Å²) in [7, 11) is 0. The molecule has 0 spiro atoms. The van der Waals surface area contributed by atoms with Crippen LogP contribution in [0.1, 0.15) is 51.0 Å². The second kappa shape index (κ2) is 6.58. The van der Waals surface area contributed by atoms with E-state index >= 15 is 0 Å². The standard InChI is InChI=1S/C20H27NO3/c1-20(2,12-19(23)24)11-18(22)21-9-8-15-10-16(17(15)13-21)14-6-4-3-5-7-14/h3-7,15-17H,8-13H2,1-2H3,(H,23,24)/t15-,16+,17-/m1/s1. The molecule has 1 saturated heterocycles. The predicted molar refractivity (Wildman–Crippen MR) is 92.6 cm³/mol. The van der Waals surface area contributed by atoms with Crippen molar-refractivity contribution in [2.75, 3.05) is 13.1 Å². The molecule has 3 atom stereocenters. The number of carboxylic acids is 1. The van der Waals surface area contributed by atoms with Crippen LogP contribution in [0.15, 0.2) is 30.3 Å². The second-order valence-corrected chi connectivity index (χ2v) is 8.22. The number of amides is 1. The Bertz CT molecular complexity index is 611. The van der Waals surface area contributed by atoms with Gasteiger partial charge in [0.1, 0.15) is 0 Å². The molecule has 0 bridgehead atoms. The van der Waals surface area contributed by atoms with Gasteiger partial charge in [0.2, 0.25) is 5.91 Å². The highest BCUT2D eigenvalue weighted by atomic mass is 16.4. The van der Waals surface area contributed by atoms with Crippen molar-refractivity contribution in [3.8, 4) is 0 Å². The van der Waals surface area contributed by atoms with Crippen molar-refractivity contribution in [2.24, 2.45) is 17.3 Å².